The highest BCUT2D eigenvalue weighted by Crippen LogP contribution is 2.51. The van der Waals surface area contributed by atoms with Crippen molar-refractivity contribution < 1.29 is 4.74 Å². The molecule has 0 bridgehead atoms. The average Bonchev–Trinajstić information content (AvgIpc) is 3.48. The molecule has 0 saturated carbocycles. The van der Waals surface area contributed by atoms with Gasteiger partial charge in [0, 0.05) is 30.0 Å². The molecule has 1 atom stereocenters. The van der Waals surface area contributed by atoms with Gasteiger partial charge in [-0.1, -0.05) is 23.4 Å². The number of piperidine rings is 1. The van der Waals surface area contributed by atoms with E-state index in [-0.39, 0.29) is 17.0 Å². The Balaban J connectivity index is 1.29. The van der Waals surface area contributed by atoms with Crippen LogP contribution in [0, 0.1) is 5.41 Å². The molecule has 0 radical (unpaired) electrons. The minimum Gasteiger partial charge on any atom is -0.383 e. The molecule has 0 amide bonds. The Kier molecular flexibility index (Phi) is 8.01. The van der Waals surface area contributed by atoms with Crippen molar-refractivity contribution in [3.8, 4) is 0 Å². The number of aliphatic imine (C=N–C) groups is 2. The smallest absolute Gasteiger partial charge is 0.262 e. The molecule has 3 heterocycles. The Labute approximate surface area is 234 Å². The lowest BCUT2D eigenvalue weighted by atomic mass is 9.73. The molecule has 0 unspecified atom stereocenters. The normalized spacial score (nSPS) is 19.4. The molecule has 12 heteroatoms. The maximum absolute atomic E-state index is 13.0. The van der Waals surface area contributed by atoms with Crippen molar-refractivity contribution in [2.45, 2.75) is 43.7 Å². The summed E-state index contributed by atoms with van der Waals surface area (Å²) < 4.78 is 6.59. The summed E-state index contributed by atoms with van der Waals surface area (Å²) in [7, 11) is 1.59. The fourth-order valence-electron chi connectivity index (χ4n) is 5.20. The van der Waals surface area contributed by atoms with Gasteiger partial charge in [0.1, 0.15) is 10.9 Å². The lowest BCUT2D eigenvalue weighted by Gasteiger charge is -2.42. The van der Waals surface area contributed by atoms with Crippen LogP contribution in [0.25, 0.3) is 10.9 Å². The van der Waals surface area contributed by atoms with Crippen molar-refractivity contribution in [1.82, 2.24) is 19.4 Å². The molecular formula is C26H30ClN7O2S2. The van der Waals surface area contributed by atoms with Gasteiger partial charge in [0.25, 0.3) is 5.56 Å². The number of aromatic nitrogens is 3. The van der Waals surface area contributed by atoms with Crippen molar-refractivity contribution in [3.05, 3.63) is 61.1 Å². The summed E-state index contributed by atoms with van der Waals surface area (Å²) in [6.07, 6.45) is 6.26. The van der Waals surface area contributed by atoms with Crippen LogP contribution in [0.5, 0.6) is 0 Å². The van der Waals surface area contributed by atoms with Crippen molar-refractivity contribution in [3.63, 3.8) is 0 Å². The van der Waals surface area contributed by atoms with E-state index in [4.69, 9.17) is 22.1 Å². The molecule has 2 aliphatic rings. The third kappa shape index (κ3) is 5.05. The largest absolute Gasteiger partial charge is 0.383 e. The number of thioether (sulfide) groups is 1. The van der Waals surface area contributed by atoms with Gasteiger partial charge in [0.2, 0.25) is 0 Å². The molecule has 1 saturated heterocycles. The van der Waals surface area contributed by atoms with Crippen LogP contribution in [0.1, 0.15) is 36.4 Å². The first-order chi connectivity index (χ1) is 18.4. The molecule has 2 aromatic heterocycles. The molecule has 5 rings (SSSR count). The Morgan fingerprint density at radius 1 is 1.39 bits per heavy atom. The van der Waals surface area contributed by atoms with Crippen LogP contribution >= 0.6 is 34.7 Å². The number of benzene rings is 1. The molecular weight excluding hydrogens is 542 g/mol. The molecule has 1 aliphatic heterocycles. The summed E-state index contributed by atoms with van der Waals surface area (Å²) in [5.41, 5.74) is 10.1. The van der Waals surface area contributed by atoms with Crippen LogP contribution in [0.2, 0.25) is 5.02 Å². The number of ether oxygens (including phenoxy) is 1. The zero-order valence-electron chi connectivity index (χ0n) is 21.4. The van der Waals surface area contributed by atoms with Gasteiger partial charge in [-0.05, 0) is 50.5 Å². The van der Waals surface area contributed by atoms with Crippen molar-refractivity contribution in [2.24, 2.45) is 21.1 Å². The van der Waals surface area contributed by atoms with Crippen LogP contribution in [0.15, 0.2) is 54.9 Å². The number of thiazole rings is 1. The predicted octanol–water partition coefficient (Wildman–Crippen LogP) is 4.50. The van der Waals surface area contributed by atoms with Gasteiger partial charge in [-0.15, -0.1) is 11.3 Å². The van der Waals surface area contributed by atoms with Gasteiger partial charge in [0.05, 0.1) is 58.9 Å². The lowest BCUT2D eigenvalue weighted by molar-refractivity contribution is 0.126. The summed E-state index contributed by atoms with van der Waals surface area (Å²) in [6, 6.07) is 3.63. The SMILES string of the molecule is C=N/C(=C\N=C(C)N1CCC2(CC1)Cc1scnc1[C@H]2N)Sc1ccc2ncn(CCOC)c(=O)c2c1Cl. The highest BCUT2D eigenvalue weighted by molar-refractivity contribution is 8.03. The fourth-order valence-corrected chi connectivity index (χ4v) is 7.25. The number of methoxy groups -OCH3 is 1. The van der Waals surface area contributed by atoms with E-state index in [0.717, 1.165) is 43.9 Å². The third-order valence-electron chi connectivity index (χ3n) is 7.52. The van der Waals surface area contributed by atoms with E-state index in [0.29, 0.717) is 39.0 Å². The van der Waals surface area contributed by atoms with E-state index >= 15 is 0 Å². The highest BCUT2D eigenvalue weighted by Gasteiger charge is 2.47. The maximum atomic E-state index is 13.0. The van der Waals surface area contributed by atoms with Gasteiger partial charge < -0.3 is 15.4 Å². The van der Waals surface area contributed by atoms with Crippen LogP contribution < -0.4 is 11.3 Å². The number of hydrogen-bond acceptors (Lipinski definition) is 9. The molecule has 3 aromatic rings. The third-order valence-corrected chi connectivity index (χ3v) is 9.88. The van der Waals surface area contributed by atoms with E-state index in [1.807, 2.05) is 18.5 Å². The van der Waals surface area contributed by atoms with Crippen molar-refractivity contribution in [2.75, 3.05) is 26.8 Å². The minimum atomic E-state index is -0.207. The zero-order chi connectivity index (χ0) is 26.9. The first-order valence-corrected chi connectivity index (χ1v) is 14.4. The topological polar surface area (TPSA) is 111 Å². The monoisotopic (exact) mass is 571 g/mol. The first-order valence-electron chi connectivity index (χ1n) is 12.4. The van der Waals surface area contributed by atoms with Crippen molar-refractivity contribution >= 4 is 58.2 Å². The van der Waals surface area contributed by atoms with E-state index < -0.39 is 0 Å². The second-order valence-corrected chi connectivity index (χ2v) is 12.0. The second kappa shape index (κ2) is 11.3. The Bertz CT molecular complexity index is 1470. The molecule has 9 nitrogen and oxygen atoms in total. The summed E-state index contributed by atoms with van der Waals surface area (Å²) in [5, 5.41) is 1.29. The number of amidine groups is 1. The van der Waals surface area contributed by atoms with Gasteiger partial charge in [-0.2, -0.15) is 0 Å². The average molecular weight is 572 g/mol. The van der Waals surface area contributed by atoms with Gasteiger partial charge in [0.15, 0.2) is 0 Å². The van der Waals surface area contributed by atoms with E-state index in [1.54, 1.807) is 30.7 Å². The van der Waals surface area contributed by atoms with E-state index in [9.17, 15) is 4.79 Å². The quantitative estimate of drug-likeness (QED) is 0.252. The Morgan fingerprint density at radius 2 is 2.18 bits per heavy atom. The number of halogens is 1. The first kappa shape index (κ1) is 27.0. The predicted molar refractivity (Wildman–Crippen MR) is 155 cm³/mol. The number of likely N-dealkylation sites (tertiary alicyclic amines) is 1. The van der Waals surface area contributed by atoms with Crippen LogP contribution in [-0.2, 0) is 17.7 Å². The van der Waals surface area contributed by atoms with Gasteiger partial charge in [-0.3, -0.25) is 14.4 Å². The summed E-state index contributed by atoms with van der Waals surface area (Å²) in [5.74, 6) is 0.913. The minimum absolute atomic E-state index is 0.0157. The number of rotatable bonds is 7. The number of nitrogens with zero attached hydrogens (tertiary/aromatic N) is 6. The highest BCUT2D eigenvalue weighted by atomic mass is 35.5. The maximum Gasteiger partial charge on any atom is 0.262 e. The second-order valence-electron chi connectivity index (χ2n) is 9.58. The van der Waals surface area contributed by atoms with Gasteiger partial charge in [-0.25, -0.2) is 15.0 Å². The summed E-state index contributed by atoms with van der Waals surface area (Å²) in [4.78, 5) is 35.0. The molecule has 1 spiro atoms. The molecule has 1 aliphatic carbocycles. The Morgan fingerprint density at radius 3 is 2.89 bits per heavy atom. The van der Waals surface area contributed by atoms with E-state index in [1.165, 1.54) is 27.5 Å². The van der Waals surface area contributed by atoms with Crippen LogP contribution in [0.4, 0.5) is 0 Å². The zero-order valence-corrected chi connectivity index (χ0v) is 23.8. The van der Waals surface area contributed by atoms with Crippen molar-refractivity contribution in [1.29, 1.82) is 0 Å². The molecule has 1 fully saturated rings. The molecule has 38 heavy (non-hydrogen) atoms. The number of fused-ring (bicyclic) bond motifs is 2. The van der Waals surface area contributed by atoms with E-state index in [2.05, 4.69) is 31.6 Å². The fraction of sp³-hybridized carbons (Fsp3) is 0.423. The molecule has 200 valence electrons. The number of hydrogen-bond donors (Lipinski definition) is 1. The molecule has 1 aromatic carbocycles. The van der Waals surface area contributed by atoms with Crippen LogP contribution in [-0.4, -0.2) is 58.8 Å². The molecule has 2 N–H and O–H groups in total. The van der Waals surface area contributed by atoms with Gasteiger partial charge >= 0.3 is 0 Å². The standard InChI is InChI=1S/C26H30ClN7O2S2/c1-16(33-8-6-26(7-9-33)12-19-23(24(26)28)32-15-37-19)30-13-20(29-2)38-18-5-4-17-21(22(18)27)25(35)34(14-31-17)10-11-36-3/h4-5,13-15,24H,2,6-12,28H2,1,3H3/b20-13+,30-16?/t24-/m1/s1. The summed E-state index contributed by atoms with van der Waals surface area (Å²) >= 11 is 9.71. The van der Waals surface area contributed by atoms with Crippen LogP contribution in [0.3, 0.4) is 0 Å². The lowest BCUT2D eigenvalue weighted by Crippen LogP contribution is -2.45. The Hall–Kier alpha value is -2.57. The number of nitrogens with two attached hydrogens (primary N) is 1. The summed E-state index contributed by atoms with van der Waals surface area (Å²) in [6.45, 7) is 8.30.